The van der Waals surface area contributed by atoms with E-state index in [9.17, 15) is 14.4 Å². The normalized spacial score (nSPS) is 18.2. The van der Waals surface area contributed by atoms with Gasteiger partial charge in [-0.2, -0.15) is 0 Å². The fourth-order valence-corrected chi connectivity index (χ4v) is 4.88. The highest BCUT2D eigenvalue weighted by Gasteiger charge is 2.45. The van der Waals surface area contributed by atoms with Crippen LogP contribution in [0.2, 0.25) is 0 Å². The van der Waals surface area contributed by atoms with Gasteiger partial charge < -0.3 is 20.1 Å². The lowest BCUT2D eigenvalue weighted by atomic mass is 9.98. The number of nitrogens with zero attached hydrogens (tertiary/aromatic N) is 1. The monoisotopic (exact) mass is 464 g/mol. The quantitative estimate of drug-likeness (QED) is 0.548. The lowest BCUT2D eigenvalue weighted by Gasteiger charge is -2.27. The van der Waals surface area contributed by atoms with Gasteiger partial charge in [-0.25, -0.2) is 4.79 Å². The number of carboxylic acids is 1. The Kier molecular flexibility index (Phi) is 7.20. The Labute approximate surface area is 200 Å². The van der Waals surface area contributed by atoms with Crippen LogP contribution in [0.1, 0.15) is 50.2 Å². The highest BCUT2D eigenvalue weighted by Crippen LogP contribution is 2.44. The number of carbonyl (C=O) groups excluding carboxylic acids is 2. The van der Waals surface area contributed by atoms with Gasteiger partial charge in [0.2, 0.25) is 5.91 Å². The van der Waals surface area contributed by atoms with Crippen LogP contribution in [0.15, 0.2) is 48.5 Å². The van der Waals surface area contributed by atoms with Gasteiger partial charge in [0.05, 0.1) is 0 Å². The maximum absolute atomic E-state index is 12.8. The third-order valence-electron chi connectivity index (χ3n) is 6.79. The van der Waals surface area contributed by atoms with Crippen LogP contribution >= 0.6 is 0 Å². The number of aliphatic carboxylic acids is 1. The summed E-state index contributed by atoms with van der Waals surface area (Å²) in [5.41, 5.74) is 4.70. The summed E-state index contributed by atoms with van der Waals surface area (Å²) in [6.07, 6.45) is 0.745. The third-order valence-corrected chi connectivity index (χ3v) is 6.79. The van der Waals surface area contributed by atoms with Crippen LogP contribution in [0.3, 0.4) is 0 Å². The van der Waals surface area contributed by atoms with Crippen LogP contribution in [-0.2, 0) is 14.3 Å². The van der Waals surface area contributed by atoms with Gasteiger partial charge in [-0.1, -0.05) is 48.5 Å². The number of hydrogen-bond donors (Lipinski definition) is 2. The van der Waals surface area contributed by atoms with E-state index in [2.05, 4.69) is 29.6 Å². The molecule has 180 valence electrons. The second-order valence-electron chi connectivity index (χ2n) is 9.43. The Morgan fingerprint density at radius 1 is 1.06 bits per heavy atom. The molecule has 0 heterocycles. The molecule has 7 heteroatoms. The molecule has 2 amide bonds. The second kappa shape index (κ2) is 10.3. The zero-order valence-electron chi connectivity index (χ0n) is 19.7. The van der Waals surface area contributed by atoms with Gasteiger partial charge in [-0.3, -0.25) is 9.59 Å². The van der Waals surface area contributed by atoms with Crippen LogP contribution in [0.5, 0.6) is 0 Å². The van der Waals surface area contributed by atoms with Crippen LogP contribution < -0.4 is 5.32 Å². The number of alkyl carbamates (subject to hydrolysis) is 1. The molecular weight excluding hydrogens is 432 g/mol. The number of rotatable bonds is 10. The third kappa shape index (κ3) is 5.24. The van der Waals surface area contributed by atoms with E-state index in [4.69, 9.17) is 9.84 Å². The average molecular weight is 465 g/mol. The van der Waals surface area contributed by atoms with E-state index in [1.165, 1.54) is 22.3 Å². The topological polar surface area (TPSA) is 95.9 Å². The van der Waals surface area contributed by atoms with Gasteiger partial charge >= 0.3 is 12.1 Å². The van der Waals surface area contributed by atoms with Crippen LogP contribution in [0.25, 0.3) is 11.1 Å². The van der Waals surface area contributed by atoms with Crippen LogP contribution in [0, 0.1) is 11.8 Å². The lowest BCUT2D eigenvalue weighted by molar-refractivity contribution is -0.139. The van der Waals surface area contributed by atoms with E-state index in [1.807, 2.05) is 38.1 Å². The van der Waals surface area contributed by atoms with E-state index in [0.29, 0.717) is 19.5 Å². The smallest absolute Gasteiger partial charge is 0.407 e. The first-order chi connectivity index (χ1) is 16.4. The molecule has 1 fully saturated rings. The average Bonchev–Trinajstić information content (AvgIpc) is 3.53. The minimum atomic E-state index is -0.854. The molecule has 2 atom stereocenters. The molecule has 0 aromatic heterocycles. The van der Waals surface area contributed by atoms with Gasteiger partial charge in [0.1, 0.15) is 6.61 Å². The second-order valence-corrected chi connectivity index (χ2v) is 9.43. The summed E-state index contributed by atoms with van der Waals surface area (Å²) in [5.74, 6) is -0.832. The van der Waals surface area contributed by atoms with Gasteiger partial charge in [0.15, 0.2) is 0 Å². The molecule has 4 rings (SSSR count). The van der Waals surface area contributed by atoms with E-state index < -0.39 is 12.1 Å². The van der Waals surface area contributed by atoms with Crippen molar-refractivity contribution in [3.05, 3.63) is 59.7 Å². The predicted octanol–water partition coefficient (Wildman–Crippen LogP) is 4.26. The minimum absolute atomic E-state index is 0.0117. The zero-order valence-corrected chi connectivity index (χ0v) is 19.7. The molecule has 2 aliphatic rings. The Morgan fingerprint density at radius 2 is 1.68 bits per heavy atom. The van der Waals surface area contributed by atoms with E-state index >= 15 is 0 Å². The number of hydrogen-bond acceptors (Lipinski definition) is 4. The van der Waals surface area contributed by atoms with Crippen LogP contribution in [0.4, 0.5) is 4.79 Å². The van der Waals surface area contributed by atoms with Crippen LogP contribution in [-0.4, -0.2) is 53.7 Å². The van der Waals surface area contributed by atoms with Crippen molar-refractivity contribution in [2.24, 2.45) is 11.8 Å². The Morgan fingerprint density at radius 3 is 2.26 bits per heavy atom. The summed E-state index contributed by atoms with van der Waals surface area (Å²) in [4.78, 5) is 37.8. The molecule has 2 N–H and O–H groups in total. The predicted molar refractivity (Wildman–Crippen MR) is 128 cm³/mol. The van der Waals surface area contributed by atoms with Gasteiger partial charge in [0, 0.05) is 37.4 Å². The van der Waals surface area contributed by atoms with Crippen molar-refractivity contribution < 1.29 is 24.2 Å². The number of ether oxygens (including phenoxy) is 1. The molecule has 2 aromatic carbocycles. The highest BCUT2D eigenvalue weighted by atomic mass is 16.5. The standard InChI is InChI=1S/C27H32N2O5/c1-17(2)29(13-7-12-25(30)31)26(32)23-14-18(23)15-28-27(33)34-16-24-21-10-5-3-8-19(21)20-9-4-6-11-22(20)24/h3-6,8-11,17-18,23-24H,7,12-16H2,1-2H3,(H,28,33)(H,30,31)/t18-,23-/m0/s1. The van der Waals surface area contributed by atoms with Gasteiger partial charge in [0.25, 0.3) is 0 Å². The summed E-state index contributed by atoms with van der Waals surface area (Å²) in [6, 6.07) is 16.4. The van der Waals surface area contributed by atoms with Crippen molar-refractivity contribution in [1.29, 1.82) is 0 Å². The molecule has 0 aliphatic heterocycles. The first-order valence-electron chi connectivity index (χ1n) is 12.0. The first kappa shape index (κ1) is 23.8. The first-order valence-corrected chi connectivity index (χ1v) is 12.0. The Hall–Kier alpha value is -3.35. The summed E-state index contributed by atoms with van der Waals surface area (Å²) in [6.45, 7) is 4.97. The molecule has 34 heavy (non-hydrogen) atoms. The minimum Gasteiger partial charge on any atom is -0.481 e. The Bertz CT molecular complexity index is 1020. The molecular formula is C27H32N2O5. The summed E-state index contributed by atoms with van der Waals surface area (Å²) < 4.78 is 5.57. The fourth-order valence-electron chi connectivity index (χ4n) is 4.88. The molecule has 2 aromatic rings. The summed E-state index contributed by atoms with van der Waals surface area (Å²) in [5, 5.41) is 11.7. The van der Waals surface area contributed by atoms with Crippen molar-refractivity contribution >= 4 is 18.0 Å². The van der Waals surface area contributed by atoms with Crippen molar-refractivity contribution in [2.45, 2.75) is 45.1 Å². The van der Waals surface area contributed by atoms with E-state index in [-0.39, 0.29) is 42.7 Å². The molecule has 0 spiro atoms. The van der Waals surface area contributed by atoms with Crippen molar-refractivity contribution in [2.75, 3.05) is 19.7 Å². The zero-order chi connectivity index (χ0) is 24.2. The molecule has 7 nitrogen and oxygen atoms in total. The molecule has 1 saturated carbocycles. The van der Waals surface area contributed by atoms with Crippen molar-refractivity contribution in [1.82, 2.24) is 10.2 Å². The molecule has 0 bridgehead atoms. The van der Waals surface area contributed by atoms with Gasteiger partial charge in [-0.05, 0) is 54.9 Å². The fraction of sp³-hybridized carbons (Fsp3) is 0.444. The largest absolute Gasteiger partial charge is 0.481 e. The molecule has 2 aliphatic carbocycles. The Balaban J connectivity index is 1.25. The summed E-state index contributed by atoms with van der Waals surface area (Å²) in [7, 11) is 0. The number of carbonyl (C=O) groups is 3. The number of amides is 2. The number of fused-ring (bicyclic) bond motifs is 3. The maximum atomic E-state index is 12.8. The lowest BCUT2D eigenvalue weighted by Crippen LogP contribution is -2.39. The SMILES string of the molecule is CC(C)N(CCCC(=O)O)C(=O)[C@H]1C[C@H]1CNC(=O)OCC1c2ccccc2-c2ccccc21. The van der Waals surface area contributed by atoms with E-state index in [1.54, 1.807) is 4.90 Å². The number of carboxylic acid groups (broad SMARTS) is 1. The summed E-state index contributed by atoms with van der Waals surface area (Å²) >= 11 is 0. The van der Waals surface area contributed by atoms with Crippen molar-refractivity contribution in [3.63, 3.8) is 0 Å². The maximum Gasteiger partial charge on any atom is 0.407 e. The number of nitrogens with one attached hydrogen (secondary N) is 1. The highest BCUT2D eigenvalue weighted by molar-refractivity contribution is 5.82. The van der Waals surface area contributed by atoms with Crippen molar-refractivity contribution in [3.8, 4) is 11.1 Å². The van der Waals surface area contributed by atoms with Gasteiger partial charge in [-0.15, -0.1) is 0 Å². The molecule has 0 radical (unpaired) electrons. The number of benzene rings is 2. The molecule has 0 saturated heterocycles. The molecule has 0 unspecified atom stereocenters. The van der Waals surface area contributed by atoms with E-state index in [0.717, 1.165) is 6.42 Å².